The molecule has 0 unspecified atom stereocenters. The number of ether oxygens (including phenoxy) is 2. The number of aryl methyl sites for hydroxylation is 1. The number of phenols is 1. The van der Waals surface area contributed by atoms with Gasteiger partial charge in [0.1, 0.15) is 28.3 Å². The number of hydrogen-bond acceptors (Lipinski definition) is 5. The topological polar surface area (TPSA) is 63.9 Å². The van der Waals surface area contributed by atoms with E-state index < -0.39 is 11.1 Å². The predicted octanol–water partition coefficient (Wildman–Crippen LogP) is 11.8. The first kappa shape index (κ1) is 37.8. The molecule has 0 amide bonds. The van der Waals surface area contributed by atoms with E-state index >= 15 is 0 Å². The van der Waals surface area contributed by atoms with Crippen LogP contribution < -0.4 is 4.74 Å². The van der Waals surface area contributed by atoms with Gasteiger partial charge in [-0.2, -0.15) is 0 Å². The fourth-order valence-corrected chi connectivity index (χ4v) is 8.75. The molecule has 1 aromatic heterocycles. The van der Waals surface area contributed by atoms with Crippen molar-refractivity contribution in [3.05, 3.63) is 118 Å². The summed E-state index contributed by atoms with van der Waals surface area (Å²) >= 11 is 0. The Morgan fingerprint density at radius 3 is 2.13 bits per heavy atom. The second kappa shape index (κ2) is 13.2. The van der Waals surface area contributed by atoms with Crippen molar-refractivity contribution in [2.24, 2.45) is 15.8 Å². The molecule has 274 valence electrons. The molecule has 6 heteroatoms. The number of aromatic nitrogens is 1. The summed E-state index contributed by atoms with van der Waals surface area (Å²) in [6.07, 6.45) is 0.762. The summed E-state index contributed by atoms with van der Waals surface area (Å²) in [5.74, 6) is 2.19. The number of hydrogen-bond donors (Lipinski definition) is 1. The zero-order valence-corrected chi connectivity index (χ0v) is 34.6. The van der Waals surface area contributed by atoms with Crippen molar-refractivity contribution >= 4 is 16.8 Å². The van der Waals surface area contributed by atoms with Gasteiger partial charge in [0.2, 0.25) is 5.88 Å². The summed E-state index contributed by atoms with van der Waals surface area (Å²) in [5, 5.41) is 11.6. The van der Waals surface area contributed by atoms with Gasteiger partial charge in [-0.05, 0) is 75.8 Å². The summed E-state index contributed by atoms with van der Waals surface area (Å²) in [6, 6.07) is 30.7. The van der Waals surface area contributed by atoms with Crippen molar-refractivity contribution in [1.29, 1.82) is 0 Å². The third-order valence-corrected chi connectivity index (χ3v) is 11.1. The summed E-state index contributed by atoms with van der Waals surface area (Å²) < 4.78 is 14.0. The molecule has 7 rings (SSSR count). The van der Waals surface area contributed by atoms with Crippen LogP contribution in [0.1, 0.15) is 114 Å². The first-order valence-electron chi connectivity index (χ1n) is 18.3. The molecule has 0 spiro atoms. The van der Waals surface area contributed by atoms with Gasteiger partial charge in [-0.25, -0.2) is 4.98 Å². The smallest absolute Gasteiger partial charge is 0.217 e. The molecule has 5 nitrogen and oxygen atoms in total. The third-order valence-electron chi connectivity index (χ3n) is 11.1. The fourth-order valence-electron chi connectivity index (χ4n) is 8.75. The van der Waals surface area contributed by atoms with E-state index in [1.807, 2.05) is 25.1 Å². The van der Waals surface area contributed by atoms with E-state index in [-0.39, 0.29) is 37.6 Å². The number of benzene rings is 4. The number of nitrogens with zero attached hydrogens (tertiary/aromatic N) is 2. The maximum Gasteiger partial charge on any atom is 0.217 e. The van der Waals surface area contributed by atoms with Crippen LogP contribution in [0.15, 0.2) is 83.9 Å². The summed E-state index contributed by atoms with van der Waals surface area (Å²) in [7, 11) is 0. The zero-order valence-electron chi connectivity index (χ0n) is 32.3. The maximum absolute atomic E-state index is 10.8. The van der Waals surface area contributed by atoms with E-state index in [0.29, 0.717) is 34.9 Å². The second-order valence-electron chi connectivity index (χ2n) is 17.3. The molecule has 1 aliphatic heterocycles. The van der Waals surface area contributed by atoms with Crippen molar-refractivity contribution < 1.29 is 35.6 Å². The Balaban J connectivity index is 0.00000464. The Labute approximate surface area is 324 Å². The molecular weight excluding hydrogens is 824 g/mol. The van der Waals surface area contributed by atoms with E-state index in [9.17, 15) is 5.11 Å². The van der Waals surface area contributed by atoms with E-state index in [0.717, 1.165) is 28.5 Å². The van der Waals surface area contributed by atoms with Crippen LogP contribution in [0.25, 0.3) is 22.0 Å². The van der Waals surface area contributed by atoms with Crippen molar-refractivity contribution in [3.63, 3.8) is 0 Å². The van der Waals surface area contributed by atoms with Crippen LogP contribution in [0, 0.1) is 23.8 Å². The van der Waals surface area contributed by atoms with Gasteiger partial charge >= 0.3 is 0 Å². The van der Waals surface area contributed by atoms with E-state index in [1.165, 1.54) is 27.8 Å². The van der Waals surface area contributed by atoms with Gasteiger partial charge in [0, 0.05) is 50.1 Å². The van der Waals surface area contributed by atoms with E-state index in [1.54, 1.807) is 6.07 Å². The van der Waals surface area contributed by atoms with Crippen LogP contribution in [0.2, 0.25) is 0 Å². The molecule has 0 saturated carbocycles. The van der Waals surface area contributed by atoms with Crippen molar-refractivity contribution in [2.75, 3.05) is 0 Å². The van der Waals surface area contributed by atoms with Crippen molar-refractivity contribution in [2.45, 2.75) is 106 Å². The van der Waals surface area contributed by atoms with E-state index in [2.05, 4.69) is 130 Å². The van der Waals surface area contributed by atoms with Crippen LogP contribution in [0.4, 0.5) is 0 Å². The molecular formula is C46H51N2O3Pt-. The van der Waals surface area contributed by atoms with Crippen LogP contribution in [0.5, 0.6) is 17.4 Å². The second-order valence-corrected chi connectivity index (χ2v) is 17.3. The Morgan fingerprint density at radius 1 is 0.827 bits per heavy atom. The number of fused-ring (bicyclic) bond motifs is 4. The first-order chi connectivity index (χ1) is 24.0. The molecule has 0 bridgehead atoms. The number of rotatable bonds is 6. The summed E-state index contributed by atoms with van der Waals surface area (Å²) in [5.41, 5.74) is 7.70. The number of pyridine rings is 1. The molecule has 2 heterocycles. The van der Waals surface area contributed by atoms with Gasteiger partial charge in [-0.3, -0.25) is 4.99 Å². The third kappa shape index (κ3) is 5.88. The normalized spacial score (nSPS) is 19.7. The Bertz CT molecular complexity index is 2180. The van der Waals surface area contributed by atoms with Gasteiger partial charge in [0.05, 0.1) is 0 Å². The van der Waals surface area contributed by atoms with Crippen molar-refractivity contribution in [1.82, 2.24) is 4.98 Å². The quantitative estimate of drug-likeness (QED) is 0.173. The number of aliphatic imine (C=N–C) groups is 1. The summed E-state index contributed by atoms with van der Waals surface area (Å²) in [6.45, 7) is 24.6. The minimum atomic E-state index is -0.635. The first-order valence-corrected chi connectivity index (χ1v) is 18.3. The number of phenolic OH excluding ortho intramolecular Hbond substituents is 1. The molecule has 4 aromatic carbocycles. The Kier molecular flexibility index (Phi) is 9.57. The molecule has 52 heavy (non-hydrogen) atoms. The molecule has 0 saturated heterocycles. The molecule has 1 N–H and O–H groups in total. The summed E-state index contributed by atoms with van der Waals surface area (Å²) in [4.78, 5) is 10.5. The standard InChI is InChI=1S/C46H51N2O3.Pt/c1-27(2)35-16-14-17-36(28(3)4)40(35)32-23-33(25-34(24-32)50-39-20-19-30-21-29(5)22-38(49)41(30)47-39)42-48-46(44(9,10)11)37-18-13-12-15-31(37)26-45(46,51-42)43(6,7)8;/h12-24,27-28,49H,26H2,1-11H3;/q-1;/t45-,46+;/m0./s1. The maximum atomic E-state index is 10.8. The average Bonchev–Trinajstić information content (AvgIpc) is 3.56. The SMILES string of the molecule is Cc1cc(O)c2nc(Oc3[c-]c(C4=N[C@@]5(C(C)(C)C)c6ccccc6C[C@@]5(C(C)(C)C)O4)cc(-c4c(C(C)C)cccc4C(C)C)c3)ccc2c1.[Pt]. The Morgan fingerprint density at radius 2 is 1.50 bits per heavy atom. The monoisotopic (exact) mass is 874 g/mol. The minimum Gasteiger partial charge on any atom is -0.510 e. The molecule has 2 atom stereocenters. The van der Waals surface area contributed by atoms with Crippen LogP contribution >= 0.6 is 0 Å². The van der Waals surface area contributed by atoms with Gasteiger partial charge in [-0.1, -0.05) is 135 Å². The zero-order chi connectivity index (χ0) is 36.7. The van der Waals surface area contributed by atoms with Gasteiger partial charge in [-0.15, -0.1) is 6.07 Å². The predicted molar refractivity (Wildman–Crippen MR) is 208 cm³/mol. The van der Waals surface area contributed by atoms with Gasteiger partial charge in [0.25, 0.3) is 0 Å². The molecule has 2 aliphatic rings. The van der Waals surface area contributed by atoms with E-state index in [4.69, 9.17) is 19.5 Å². The minimum absolute atomic E-state index is 0. The number of aromatic hydroxyl groups is 1. The largest absolute Gasteiger partial charge is 0.510 e. The van der Waals surface area contributed by atoms with Crippen molar-refractivity contribution in [3.8, 4) is 28.5 Å². The van der Waals surface area contributed by atoms with Gasteiger partial charge in [0.15, 0.2) is 0 Å². The fraction of sp³-hybridized carbons (Fsp3) is 0.391. The van der Waals surface area contributed by atoms with Crippen LogP contribution in [-0.2, 0) is 37.8 Å². The Hall–Kier alpha value is -3.95. The average molecular weight is 875 g/mol. The molecule has 0 radical (unpaired) electrons. The molecule has 5 aromatic rings. The van der Waals surface area contributed by atoms with Gasteiger partial charge < -0.3 is 14.6 Å². The van der Waals surface area contributed by atoms with Crippen LogP contribution in [0.3, 0.4) is 0 Å². The van der Waals surface area contributed by atoms with Crippen LogP contribution in [-0.4, -0.2) is 21.6 Å². The molecule has 1 aliphatic carbocycles. The molecule has 0 fully saturated rings.